The van der Waals surface area contributed by atoms with Crippen molar-refractivity contribution >= 4 is 15.9 Å². The highest BCUT2D eigenvalue weighted by Gasteiger charge is 2.03. The van der Waals surface area contributed by atoms with E-state index in [1.165, 1.54) is 10.4 Å². The van der Waals surface area contributed by atoms with Crippen molar-refractivity contribution in [2.24, 2.45) is 0 Å². The van der Waals surface area contributed by atoms with Crippen LogP contribution in [0.15, 0.2) is 23.8 Å². The van der Waals surface area contributed by atoms with Gasteiger partial charge in [0.1, 0.15) is 0 Å². The number of halogens is 1. The maximum absolute atomic E-state index is 4.97. The molecule has 1 nitrogen and oxygen atoms in total. The number of allylic oxidation sites excluding steroid dienone is 2. The van der Waals surface area contributed by atoms with Crippen LogP contribution in [0.3, 0.4) is 0 Å². The summed E-state index contributed by atoms with van der Waals surface area (Å²) in [6.07, 6.45) is 7.29. The zero-order valence-electron chi connectivity index (χ0n) is 5.93. The topological polar surface area (TPSA) is 9.23 Å². The molecule has 0 saturated heterocycles. The molecule has 0 aromatic heterocycles. The Labute approximate surface area is 69.9 Å². The molecule has 0 amide bonds. The van der Waals surface area contributed by atoms with Gasteiger partial charge in [-0.15, -0.1) is 0 Å². The molecule has 1 aliphatic rings. The minimum absolute atomic E-state index is 0.719. The molecule has 0 saturated carbocycles. The second-order valence-corrected chi connectivity index (χ2v) is 3.21. The Bertz CT molecular complexity index is 161. The zero-order chi connectivity index (χ0) is 7.40. The van der Waals surface area contributed by atoms with Gasteiger partial charge in [0.2, 0.25) is 0 Å². The summed E-state index contributed by atoms with van der Waals surface area (Å²) in [5, 5.41) is 0. The van der Waals surface area contributed by atoms with E-state index in [0.29, 0.717) is 0 Å². The molecule has 1 radical (unpaired) electrons. The Balaban J connectivity index is 2.42. The minimum Gasteiger partial charge on any atom is -0.380 e. The van der Waals surface area contributed by atoms with Crippen LogP contribution in [-0.4, -0.2) is 13.7 Å². The molecule has 2 heteroatoms. The predicted molar refractivity (Wildman–Crippen MR) is 45.9 cm³/mol. The second kappa shape index (κ2) is 3.94. The Morgan fingerprint density at radius 2 is 2.40 bits per heavy atom. The second-order valence-electron chi connectivity index (χ2n) is 2.20. The van der Waals surface area contributed by atoms with E-state index >= 15 is 0 Å². The SMILES string of the molecule is COCC1=CC[C](Br)C=C1. The van der Waals surface area contributed by atoms with Gasteiger partial charge < -0.3 is 4.74 Å². The van der Waals surface area contributed by atoms with E-state index in [-0.39, 0.29) is 0 Å². The first-order valence-corrected chi connectivity index (χ1v) is 3.99. The predicted octanol–water partition coefficient (Wildman–Crippen LogP) is 2.45. The van der Waals surface area contributed by atoms with Gasteiger partial charge in [-0.2, -0.15) is 0 Å². The molecule has 0 bridgehead atoms. The largest absolute Gasteiger partial charge is 0.380 e. The summed E-state index contributed by atoms with van der Waals surface area (Å²) in [5.41, 5.74) is 1.26. The average molecular weight is 202 g/mol. The highest BCUT2D eigenvalue weighted by Crippen LogP contribution is 2.23. The Morgan fingerprint density at radius 1 is 1.60 bits per heavy atom. The Hall–Kier alpha value is -0.0800. The van der Waals surface area contributed by atoms with E-state index < -0.39 is 0 Å². The van der Waals surface area contributed by atoms with Crippen molar-refractivity contribution in [1.82, 2.24) is 0 Å². The van der Waals surface area contributed by atoms with Crippen LogP contribution < -0.4 is 0 Å². The summed E-state index contributed by atoms with van der Waals surface area (Å²) in [7, 11) is 1.71. The van der Waals surface area contributed by atoms with Crippen LogP contribution in [0.5, 0.6) is 0 Å². The lowest BCUT2D eigenvalue weighted by Gasteiger charge is -2.08. The lowest BCUT2D eigenvalue weighted by molar-refractivity contribution is 0.228. The first-order chi connectivity index (χ1) is 4.83. The Kier molecular flexibility index (Phi) is 3.16. The van der Waals surface area contributed by atoms with Crippen molar-refractivity contribution in [2.75, 3.05) is 13.7 Å². The summed E-state index contributed by atoms with van der Waals surface area (Å²) < 4.78 is 4.97. The smallest absolute Gasteiger partial charge is 0.0709 e. The van der Waals surface area contributed by atoms with E-state index in [1.54, 1.807) is 7.11 Å². The van der Waals surface area contributed by atoms with Crippen LogP contribution in [0.1, 0.15) is 6.42 Å². The molecule has 0 aromatic rings. The number of methoxy groups -OCH3 is 1. The molecule has 0 aromatic carbocycles. The molecule has 0 N–H and O–H groups in total. The van der Waals surface area contributed by atoms with Crippen molar-refractivity contribution < 1.29 is 4.74 Å². The fourth-order valence-electron chi connectivity index (χ4n) is 0.836. The van der Waals surface area contributed by atoms with Crippen LogP contribution in [-0.2, 0) is 4.74 Å². The van der Waals surface area contributed by atoms with Crippen LogP contribution in [0, 0.1) is 4.83 Å². The van der Waals surface area contributed by atoms with E-state index in [0.717, 1.165) is 13.0 Å². The molecule has 1 rings (SSSR count). The number of rotatable bonds is 2. The molecule has 0 unspecified atom stereocenters. The van der Waals surface area contributed by atoms with Crippen LogP contribution in [0.2, 0.25) is 0 Å². The molecular weight excluding hydrogens is 192 g/mol. The zero-order valence-corrected chi connectivity index (χ0v) is 7.52. The fourth-order valence-corrected chi connectivity index (χ4v) is 1.13. The summed E-state index contributed by atoms with van der Waals surface area (Å²) >= 11 is 3.41. The van der Waals surface area contributed by atoms with Gasteiger partial charge in [-0.25, -0.2) is 0 Å². The van der Waals surface area contributed by atoms with Crippen molar-refractivity contribution in [3.8, 4) is 0 Å². The maximum Gasteiger partial charge on any atom is 0.0709 e. The quantitative estimate of drug-likeness (QED) is 0.668. The van der Waals surface area contributed by atoms with Crippen molar-refractivity contribution in [2.45, 2.75) is 6.42 Å². The van der Waals surface area contributed by atoms with E-state index in [4.69, 9.17) is 4.74 Å². The van der Waals surface area contributed by atoms with Gasteiger partial charge in [0.05, 0.1) is 11.4 Å². The van der Waals surface area contributed by atoms with Gasteiger partial charge in [0.15, 0.2) is 0 Å². The Morgan fingerprint density at radius 3 is 2.90 bits per heavy atom. The average Bonchev–Trinajstić information content (AvgIpc) is 1.95. The summed E-state index contributed by atoms with van der Waals surface area (Å²) in [6, 6.07) is 0. The summed E-state index contributed by atoms with van der Waals surface area (Å²) in [4.78, 5) is 1.23. The van der Waals surface area contributed by atoms with Crippen LogP contribution >= 0.6 is 15.9 Å². The highest BCUT2D eigenvalue weighted by molar-refractivity contribution is 9.11. The lowest BCUT2D eigenvalue weighted by atomic mass is 10.1. The fraction of sp³-hybridized carbons (Fsp3) is 0.375. The van der Waals surface area contributed by atoms with Crippen molar-refractivity contribution in [3.05, 3.63) is 28.6 Å². The molecule has 55 valence electrons. The number of hydrogen-bond acceptors (Lipinski definition) is 1. The van der Waals surface area contributed by atoms with Crippen LogP contribution in [0.4, 0.5) is 0 Å². The molecule has 0 heterocycles. The lowest BCUT2D eigenvalue weighted by Crippen LogP contribution is -1.96. The monoisotopic (exact) mass is 201 g/mol. The third-order valence-electron chi connectivity index (χ3n) is 1.35. The van der Waals surface area contributed by atoms with Crippen LogP contribution in [0.25, 0.3) is 0 Å². The van der Waals surface area contributed by atoms with Crippen molar-refractivity contribution in [1.29, 1.82) is 0 Å². The third kappa shape index (κ3) is 2.27. The molecule has 10 heavy (non-hydrogen) atoms. The van der Waals surface area contributed by atoms with E-state index in [1.807, 2.05) is 0 Å². The van der Waals surface area contributed by atoms with Gasteiger partial charge >= 0.3 is 0 Å². The first kappa shape index (κ1) is 8.02. The van der Waals surface area contributed by atoms with Gasteiger partial charge in [-0.05, 0) is 12.0 Å². The standard InChI is InChI=1S/C8H10BrO/c1-10-6-7-2-4-8(9)5-3-7/h2-4H,5-6H2,1H3. The summed E-state index contributed by atoms with van der Waals surface area (Å²) in [6.45, 7) is 0.719. The molecule has 0 spiro atoms. The minimum atomic E-state index is 0.719. The van der Waals surface area contributed by atoms with E-state index in [2.05, 4.69) is 34.2 Å². The molecule has 1 aliphatic carbocycles. The van der Waals surface area contributed by atoms with Gasteiger partial charge in [0, 0.05) is 7.11 Å². The highest BCUT2D eigenvalue weighted by atomic mass is 79.9. The van der Waals surface area contributed by atoms with Gasteiger partial charge in [0.25, 0.3) is 0 Å². The summed E-state index contributed by atoms with van der Waals surface area (Å²) in [5.74, 6) is 0. The number of ether oxygens (including phenoxy) is 1. The molecular formula is C8H10BrO. The van der Waals surface area contributed by atoms with Gasteiger partial charge in [-0.1, -0.05) is 34.2 Å². The number of hydrogen-bond donors (Lipinski definition) is 0. The molecule has 0 aliphatic heterocycles. The first-order valence-electron chi connectivity index (χ1n) is 3.20. The maximum atomic E-state index is 4.97. The molecule has 0 fully saturated rings. The third-order valence-corrected chi connectivity index (χ3v) is 1.94. The van der Waals surface area contributed by atoms with E-state index in [9.17, 15) is 0 Å². The van der Waals surface area contributed by atoms with Crippen molar-refractivity contribution in [3.63, 3.8) is 0 Å². The normalized spacial score (nSPS) is 19.2. The molecule has 0 atom stereocenters. The van der Waals surface area contributed by atoms with Gasteiger partial charge in [-0.3, -0.25) is 0 Å².